The van der Waals surface area contributed by atoms with E-state index in [0.717, 1.165) is 0 Å². The van der Waals surface area contributed by atoms with Gasteiger partial charge in [-0.25, -0.2) is 4.98 Å². The molecule has 0 saturated carbocycles. The maximum Gasteiger partial charge on any atom is 0.274 e. The van der Waals surface area contributed by atoms with Gasteiger partial charge in [-0.1, -0.05) is 5.16 Å². The maximum atomic E-state index is 11.4. The van der Waals surface area contributed by atoms with Crippen molar-refractivity contribution in [3.8, 4) is 0 Å². The molecule has 0 aliphatic heterocycles. The van der Waals surface area contributed by atoms with Crippen LogP contribution in [0.25, 0.3) is 0 Å². The van der Waals surface area contributed by atoms with Crippen LogP contribution >= 0.6 is 0 Å². The van der Waals surface area contributed by atoms with E-state index in [9.17, 15) is 4.79 Å². The molecule has 0 fully saturated rings. The van der Waals surface area contributed by atoms with Crippen molar-refractivity contribution < 1.29 is 9.32 Å². The van der Waals surface area contributed by atoms with E-state index in [1.807, 2.05) is 0 Å². The van der Waals surface area contributed by atoms with E-state index in [-0.39, 0.29) is 5.91 Å². The molecule has 0 radical (unpaired) electrons. The van der Waals surface area contributed by atoms with Crippen LogP contribution in [0.2, 0.25) is 0 Å². The number of nitrogens with one attached hydrogen (secondary N) is 2. The average molecular weight is 192 g/mol. The highest BCUT2D eigenvalue weighted by Gasteiger charge is 2.09. The van der Waals surface area contributed by atoms with Gasteiger partial charge in [0.2, 0.25) is 0 Å². The summed E-state index contributed by atoms with van der Waals surface area (Å²) in [5.74, 6) is 0.739. The number of hydrogen-bond acceptors (Lipinski definition) is 4. The van der Waals surface area contributed by atoms with Crippen LogP contribution in [-0.2, 0) is 0 Å². The standard InChI is InChI=1S/C8H8N4O2/c1-5-2-7(12-14-5)11-8(13)6-3-9-4-10-6/h2-4H,1H3,(H,9,10)(H,11,12,13). The van der Waals surface area contributed by atoms with Crippen LogP contribution in [-0.4, -0.2) is 21.0 Å². The van der Waals surface area contributed by atoms with Gasteiger partial charge < -0.3 is 14.8 Å². The number of rotatable bonds is 2. The number of aromatic amines is 1. The summed E-state index contributed by atoms with van der Waals surface area (Å²) in [7, 11) is 0. The minimum absolute atomic E-state index is 0.296. The van der Waals surface area contributed by atoms with Gasteiger partial charge in [0.05, 0.1) is 12.5 Å². The number of hydrogen-bond donors (Lipinski definition) is 2. The van der Waals surface area contributed by atoms with Crippen molar-refractivity contribution in [2.24, 2.45) is 0 Å². The van der Waals surface area contributed by atoms with E-state index in [4.69, 9.17) is 4.52 Å². The predicted octanol–water partition coefficient (Wildman–Crippen LogP) is 0.958. The Hall–Kier alpha value is -2.11. The van der Waals surface area contributed by atoms with Crippen LogP contribution in [0.3, 0.4) is 0 Å². The molecule has 1 amide bonds. The Labute approximate surface area is 79.3 Å². The first-order chi connectivity index (χ1) is 6.75. The largest absolute Gasteiger partial charge is 0.360 e. The fraction of sp³-hybridized carbons (Fsp3) is 0.125. The molecule has 0 atom stereocenters. The lowest BCUT2D eigenvalue weighted by atomic mass is 10.4. The Morgan fingerprint density at radius 1 is 1.64 bits per heavy atom. The molecule has 72 valence electrons. The molecule has 6 heteroatoms. The molecule has 6 nitrogen and oxygen atoms in total. The maximum absolute atomic E-state index is 11.4. The van der Waals surface area contributed by atoms with Crippen LogP contribution in [0.5, 0.6) is 0 Å². The lowest BCUT2D eigenvalue weighted by Gasteiger charge is -1.95. The highest BCUT2D eigenvalue weighted by atomic mass is 16.5. The minimum atomic E-state index is -0.296. The Morgan fingerprint density at radius 3 is 3.07 bits per heavy atom. The zero-order chi connectivity index (χ0) is 9.97. The van der Waals surface area contributed by atoms with Crippen LogP contribution in [0.1, 0.15) is 16.2 Å². The third-order valence-electron chi connectivity index (χ3n) is 1.61. The van der Waals surface area contributed by atoms with Crippen molar-refractivity contribution in [3.05, 3.63) is 30.0 Å². The van der Waals surface area contributed by atoms with Crippen molar-refractivity contribution in [1.29, 1.82) is 0 Å². The van der Waals surface area contributed by atoms with Gasteiger partial charge >= 0.3 is 0 Å². The van der Waals surface area contributed by atoms with Gasteiger partial charge in [0.15, 0.2) is 5.82 Å². The van der Waals surface area contributed by atoms with Crippen LogP contribution in [0.4, 0.5) is 5.82 Å². The molecular weight excluding hydrogens is 184 g/mol. The molecule has 0 aliphatic carbocycles. The number of imidazole rings is 1. The number of aryl methyl sites for hydroxylation is 1. The highest BCUT2D eigenvalue weighted by Crippen LogP contribution is 2.07. The van der Waals surface area contributed by atoms with Crippen molar-refractivity contribution in [2.75, 3.05) is 5.32 Å². The predicted molar refractivity (Wildman–Crippen MR) is 47.8 cm³/mol. The summed E-state index contributed by atoms with van der Waals surface area (Å²) in [5.41, 5.74) is 0.380. The first-order valence-electron chi connectivity index (χ1n) is 3.99. The van der Waals surface area contributed by atoms with E-state index in [1.54, 1.807) is 13.0 Å². The minimum Gasteiger partial charge on any atom is -0.360 e. The Kier molecular flexibility index (Phi) is 2.02. The monoisotopic (exact) mass is 192 g/mol. The number of amides is 1. The summed E-state index contributed by atoms with van der Waals surface area (Å²) >= 11 is 0. The topological polar surface area (TPSA) is 83.8 Å². The number of nitrogens with zero attached hydrogens (tertiary/aromatic N) is 2. The van der Waals surface area contributed by atoms with Crippen molar-refractivity contribution in [1.82, 2.24) is 15.1 Å². The molecule has 0 bridgehead atoms. The van der Waals surface area contributed by atoms with E-state index in [1.165, 1.54) is 12.5 Å². The van der Waals surface area contributed by atoms with E-state index in [2.05, 4.69) is 20.4 Å². The number of aromatic nitrogens is 3. The fourth-order valence-electron chi connectivity index (χ4n) is 0.989. The van der Waals surface area contributed by atoms with Crippen LogP contribution in [0, 0.1) is 6.92 Å². The second kappa shape index (κ2) is 3.33. The van der Waals surface area contributed by atoms with Gasteiger partial charge in [0.25, 0.3) is 5.91 Å². The van der Waals surface area contributed by atoms with Gasteiger partial charge in [0.1, 0.15) is 11.5 Å². The summed E-state index contributed by atoms with van der Waals surface area (Å²) in [6.07, 6.45) is 2.87. The first kappa shape index (κ1) is 8.49. The highest BCUT2D eigenvalue weighted by molar-refractivity contribution is 6.02. The molecule has 14 heavy (non-hydrogen) atoms. The van der Waals surface area contributed by atoms with Crippen molar-refractivity contribution in [3.63, 3.8) is 0 Å². The summed E-state index contributed by atoms with van der Waals surface area (Å²) in [6.45, 7) is 1.75. The van der Waals surface area contributed by atoms with Crippen LogP contribution in [0.15, 0.2) is 23.1 Å². The molecule has 0 spiro atoms. The van der Waals surface area contributed by atoms with Gasteiger partial charge in [-0.2, -0.15) is 0 Å². The zero-order valence-electron chi connectivity index (χ0n) is 7.44. The lowest BCUT2D eigenvalue weighted by molar-refractivity contribution is 0.102. The Morgan fingerprint density at radius 2 is 2.50 bits per heavy atom. The van der Waals surface area contributed by atoms with E-state index in [0.29, 0.717) is 17.3 Å². The molecule has 0 saturated heterocycles. The number of carbonyl (C=O) groups is 1. The van der Waals surface area contributed by atoms with E-state index >= 15 is 0 Å². The molecule has 0 aromatic carbocycles. The Bertz CT molecular complexity index is 432. The second-order valence-corrected chi connectivity index (χ2v) is 2.74. The third kappa shape index (κ3) is 1.63. The van der Waals surface area contributed by atoms with Gasteiger partial charge in [0, 0.05) is 6.07 Å². The van der Waals surface area contributed by atoms with E-state index < -0.39 is 0 Å². The molecule has 2 heterocycles. The normalized spacial score (nSPS) is 10.1. The quantitative estimate of drug-likeness (QED) is 0.742. The number of H-pyrrole nitrogens is 1. The van der Waals surface area contributed by atoms with Crippen LogP contribution < -0.4 is 5.32 Å². The summed E-state index contributed by atoms with van der Waals surface area (Å²) < 4.78 is 4.79. The van der Waals surface area contributed by atoms with Crippen molar-refractivity contribution in [2.45, 2.75) is 6.92 Å². The zero-order valence-corrected chi connectivity index (χ0v) is 7.44. The third-order valence-corrected chi connectivity index (χ3v) is 1.61. The number of carbonyl (C=O) groups excluding carboxylic acids is 1. The summed E-state index contributed by atoms with van der Waals surface area (Å²) in [5, 5.41) is 6.17. The number of anilines is 1. The molecule has 0 unspecified atom stereocenters. The molecule has 2 rings (SSSR count). The molecule has 2 aromatic heterocycles. The van der Waals surface area contributed by atoms with Gasteiger partial charge in [-0.3, -0.25) is 4.79 Å². The van der Waals surface area contributed by atoms with Crippen molar-refractivity contribution >= 4 is 11.7 Å². The average Bonchev–Trinajstić information content (AvgIpc) is 2.75. The summed E-state index contributed by atoms with van der Waals surface area (Å²) in [6, 6.07) is 1.63. The second-order valence-electron chi connectivity index (χ2n) is 2.74. The molecule has 2 N–H and O–H groups in total. The van der Waals surface area contributed by atoms with Gasteiger partial charge in [-0.15, -0.1) is 0 Å². The first-order valence-corrected chi connectivity index (χ1v) is 3.99. The Balaban J connectivity index is 2.09. The summed E-state index contributed by atoms with van der Waals surface area (Å²) in [4.78, 5) is 17.8. The molecule has 2 aromatic rings. The SMILES string of the molecule is Cc1cc(NC(=O)c2cnc[nH]2)no1. The smallest absolute Gasteiger partial charge is 0.274 e. The molecular formula is C8H8N4O2. The van der Waals surface area contributed by atoms with Gasteiger partial charge in [-0.05, 0) is 6.92 Å². The molecule has 0 aliphatic rings. The lowest BCUT2D eigenvalue weighted by Crippen LogP contribution is -2.12. The fourth-order valence-corrected chi connectivity index (χ4v) is 0.989.